The first-order chi connectivity index (χ1) is 8.99. The van der Waals surface area contributed by atoms with E-state index in [1.165, 1.54) is 0 Å². The van der Waals surface area contributed by atoms with Crippen LogP contribution in [-0.2, 0) is 0 Å². The van der Waals surface area contributed by atoms with Gasteiger partial charge in [-0.1, -0.05) is 12.1 Å². The van der Waals surface area contributed by atoms with Crippen molar-refractivity contribution in [1.82, 2.24) is 4.98 Å². The van der Waals surface area contributed by atoms with Crippen molar-refractivity contribution < 1.29 is 4.79 Å². The molecule has 1 heterocycles. The lowest BCUT2D eigenvalue weighted by Crippen LogP contribution is -2.14. The highest BCUT2D eigenvalue weighted by Gasteiger charge is 2.11. The Kier molecular flexibility index (Phi) is 4.00. The van der Waals surface area contributed by atoms with E-state index in [9.17, 15) is 4.79 Å². The van der Waals surface area contributed by atoms with Gasteiger partial charge in [-0.2, -0.15) is 0 Å². The van der Waals surface area contributed by atoms with E-state index in [1.54, 1.807) is 6.20 Å². The number of hydrogen-bond donors (Lipinski definition) is 1. The number of aromatic nitrogens is 1. The quantitative estimate of drug-likeness (QED) is 0.908. The lowest BCUT2D eigenvalue weighted by molar-refractivity contribution is 0.102. The van der Waals surface area contributed by atoms with Crippen LogP contribution in [-0.4, -0.2) is 10.9 Å². The van der Waals surface area contributed by atoms with E-state index in [4.69, 9.17) is 0 Å². The number of nitrogens with one attached hydrogen (secondary N) is 1. The topological polar surface area (TPSA) is 42.0 Å². The minimum Gasteiger partial charge on any atom is -0.321 e. The summed E-state index contributed by atoms with van der Waals surface area (Å²) in [5, 5.41) is 2.86. The zero-order chi connectivity index (χ0) is 14.0. The standard InChI is InChI=1S/C15H15BrN2O/c1-9-5-4-6-13(10(9)2)15(19)18-12-7-14(16)11(3)17-8-12/h4-8H,1-3H3,(H,18,19). The van der Waals surface area contributed by atoms with Crippen LogP contribution >= 0.6 is 15.9 Å². The molecule has 2 rings (SSSR count). The van der Waals surface area contributed by atoms with Gasteiger partial charge in [0.05, 0.1) is 17.6 Å². The fraction of sp³-hybridized carbons (Fsp3) is 0.200. The first-order valence-electron chi connectivity index (χ1n) is 5.98. The van der Waals surface area contributed by atoms with Crippen LogP contribution < -0.4 is 5.32 Å². The molecule has 0 unspecified atom stereocenters. The number of benzene rings is 1. The van der Waals surface area contributed by atoms with Crippen LogP contribution in [0, 0.1) is 20.8 Å². The molecule has 0 radical (unpaired) electrons. The Balaban J connectivity index is 2.26. The predicted molar refractivity (Wildman–Crippen MR) is 80.5 cm³/mol. The SMILES string of the molecule is Cc1cccc(C(=O)Nc2cnc(C)c(Br)c2)c1C. The van der Waals surface area contributed by atoms with Crippen LogP contribution in [0.15, 0.2) is 34.9 Å². The fourth-order valence-electron chi connectivity index (χ4n) is 1.77. The average Bonchev–Trinajstić information content (AvgIpc) is 2.37. The highest BCUT2D eigenvalue weighted by atomic mass is 79.9. The van der Waals surface area contributed by atoms with Crippen molar-refractivity contribution >= 4 is 27.5 Å². The number of amides is 1. The predicted octanol–water partition coefficient (Wildman–Crippen LogP) is 4.02. The number of nitrogens with zero attached hydrogens (tertiary/aromatic N) is 1. The number of halogens is 1. The molecule has 0 atom stereocenters. The van der Waals surface area contributed by atoms with Gasteiger partial charge < -0.3 is 5.32 Å². The molecule has 0 aliphatic rings. The Bertz CT molecular complexity index is 638. The Morgan fingerprint density at radius 2 is 2.00 bits per heavy atom. The van der Waals surface area contributed by atoms with Gasteiger partial charge >= 0.3 is 0 Å². The molecular formula is C15H15BrN2O. The molecule has 2 aromatic rings. The van der Waals surface area contributed by atoms with Crippen molar-refractivity contribution in [3.8, 4) is 0 Å². The van der Waals surface area contributed by atoms with E-state index in [0.29, 0.717) is 11.3 Å². The molecule has 0 bridgehead atoms. The molecule has 0 spiro atoms. The summed E-state index contributed by atoms with van der Waals surface area (Å²) in [5.41, 5.74) is 4.37. The smallest absolute Gasteiger partial charge is 0.255 e. The molecular weight excluding hydrogens is 304 g/mol. The number of aryl methyl sites for hydroxylation is 2. The Labute approximate surface area is 121 Å². The maximum absolute atomic E-state index is 12.2. The molecule has 19 heavy (non-hydrogen) atoms. The van der Waals surface area contributed by atoms with Crippen molar-refractivity contribution in [2.75, 3.05) is 5.32 Å². The Morgan fingerprint density at radius 1 is 1.26 bits per heavy atom. The van der Waals surface area contributed by atoms with Crippen LogP contribution in [0.2, 0.25) is 0 Å². The van der Waals surface area contributed by atoms with Gasteiger partial charge in [-0.05, 0) is 60.0 Å². The van der Waals surface area contributed by atoms with Crippen molar-refractivity contribution in [1.29, 1.82) is 0 Å². The lowest BCUT2D eigenvalue weighted by Gasteiger charge is -2.10. The van der Waals surface area contributed by atoms with E-state index in [1.807, 2.05) is 45.0 Å². The van der Waals surface area contributed by atoms with Gasteiger partial charge in [0, 0.05) is 10.0 Å². The minimum absolute atomic E-state index is 0.112. The fourth-order valence-corrected chi connectivity index (χ4v) is 2.12. The van der Waals surface area contributed by atoms with Crippen LogP contribution in [0.4, 0.5) is 5.69 Å². The summed E-state index contributed by atoms with van der Waals surface area (Å²) in [6.45, 7) is 5.85. The summed E-state index contributed by atoms with van der Waals surface area (Å²) in [4.78, 5) is 16.4. The lowest BCUT2D eigenvalue weighted by atomic mass is 10.0. The molecule has 4 heteroatoms. The molecule has 3 nitrogen and oxygen atoms in total. The molecule has 0 saturated carbocycles. The normalized spacial score (nSPS) is 10.3. The Morgan fingerprint density at radius 3 is 2.68 bits per heavy atom. The van der Waals surface area contributed by atoms with E-state index in [0.717, 1.165) is 21.3 Å². The molecule has 1 amide bonds. The number of pyridine rings is 1. The van der Waals surface area contributed by atoms with Crippen molar-refractivity contribution in [2.24, 2.45) is 0 Å². The summed E-state index contributed by atoms with van der Waals surface area (Å²) in [5.74, 6) is -0.112. The number of rotatable bonds is 2. The molecule has 1 aromatic carbocycles. The maximum Gasteiger partial charge on any atom is 0.255 e. The van der Waals surface area contributed by atoms with Gasteiger partial charge in [0.2, 0.25) is 0 Å². The third-order valence-electron chi connectivity index (χ3n) is 3.13. The van der Waals surface area contributed by atoms with Crippen LogP contribution in [0.25, 0.3) is 0 Å². The van der Waals surface area contributed by atoms with Crippen molar-refractivity contribution in [3.63, 3.8) is 0 Å². The molecule has 0 fully saturated rings. The summed E-state index contributed by atoms with van der Waals surface area (Å²) in [6, 6.07) is 7.57. The second-order valence-corrected chi connectivity index (χ2v) is 5.35. The van der Waals surface area contributed by atoms with Crippen LogP contribution in [0.3, 0.4) is 0 Å². The molecule has 1 N–H and O–H groups in total. The minimum atomic E-state index is -0.112. The Hall–Kier alpha value is -1.68. The summed E-state index contributed by atoms with van der Waals surface area (Å²) < 4.78 is 0.881. The average molecular weight is 319 g/mol. The third-order valence-corrected chi connectivity index (χ3v) is 3.94. The summed E-state index contributed by atoms with van der Waals surface area (Å²) in [7, 11) is 0. The second kappa shape index (κ2) is 5.53. The summed E-state index contributed by atoms with van der Waals surface area (Å²) in [6.07, 6.45) is 1.66. The van der Waals surface area contributed by atoms with Gasteiger partial charge in [-0.3, -0.25) is 9.78 Å². The van der Waals surface area contributed by atoms with Gasteiger partial charge in [-0.15, -0.1) is 0 Å². The zero-order valence-electron chi connectivity index (χ0n) is 11.1. The molecule has 0 saturated heterocycles. The molecule has 98 valence electrons. The first kappa shape index (κ1) is 13.7. The zero-order valence-corrected chi connectivity index (χ0v) is 12.7. The highest BCUT2D eigenvalue weighted by molar-refractivity contribution is 9.10. The van der Waals surface area contributed by atoms with Crippen molar-refractivity contribution in [2.45, 2.75) is 20.8 Å². The highest BCUT2D eigenvalue weighted by Crippen LogP contribution is 2.20. The third kappa shape index (κ3) is 3.01. The monoisotopic (exact) mass is 318 g/mol. The number of anilines is 1. The van der Waals surface area contributed by atoms with E-state index >= 15 is 0 Å². The number of carbonyl (C=O) groups excluding carboxylic acids is 1. The maximum atomic E-state index is 12.2. The summed E-state index contributed by atoms with van der Waals surface area (Å²) >= 11 is 3.40. The molecule has 0 aliphatic heterocycles. The molecule has 0 aliphatic carbocycles. The number of carbonyl (C=O) groups is 1. The number of hydrogen-bond acceptors (Lipinski definition) is 2. The van der Waals surface area contributed by atoms with E-state index < -0.39 is 0 Å². The second-order valence-electron chi connectivity index (χ2n) is 4.49. The van der Waals surface area contributed by atoms with Crippen LogP contribution in [0.1, 0.15) is 27.2 Å². The van der Waals surface area contributed by atoms with E-state index in [2.05, 4.69) is 26.2 Å². The van der Waals surface area contributed by atoms with Gasteiger partial charge in [0.15, 0.2) is 0 Å². The first-order valence-corrected chi connectivity index (χ1v) is 6.78. The van der Waals surface area contributed by atoms with Crippen LogP contribution in [0.5, 0.6) is 0 Å². The largest absolute Gasteiger partial charge is 0.321 e. The van der Waals surface area contributed by atoms with E-state index in [-0.39, 0.29) is 5.91 Å². The molecule has 1 aromatic heterocycles. The van der Waals surface area contributed by atoms with Gasteiger partial charge in [0.25, 0.3) is 5.91 Å². The van der Waals surface area contributed by atoms with Crippen molar-refractivity contribution in [3.05, 3.63) is 57.3 Å². The van der Waals surface area contributed by atoms with Gasteiger partial charge in [0.1, 0.15) is 0 Å². The van der Waals surface area contributed by atoms with Gasteiger partial charge in [-0.25, -0.2) is 0 Å².